The van der Waals surface area contributed by atoms with E-state index in [1.54, 1.807) is 6.20 Å². The van der Waals surface area contributed by atoms with Crippen LogP contribution in [-0.4, -0.2) is 21.9 Å². The smallest absolute Gasteiger partial charge is 0.222 e. The predicted octanol–water partition coefficient (Wildman–Crippen LogP) is 2.20. The van der Waals surface area contributed by atoms with Crippen molar-refractivity contribution in [2.45, 2.75) is 56.9 Å². The minimum absolute atomic E-state index is 0.0863. The van der Waals surface area contributed by atoms with E-state index < -0.39 is 0 Å². The highest BCUT2D eigenvalue weighted by Gasteiger charge is 2.29. The van der Waals surface area contributed by atoms with Gasteiger partial charge in [0.1, 0.15) is 11.6 Å². The Hall–Kier alpha value is -1.65. The fraction of sp³-hybridized carbons (Fsp3) is 0.667. The van der Waals surface area contributed by atoms with Crippen molar-refractivity contribution in [1.29, 1.82) is 0 Å². The van der Waals surface area contributed by atoms with Gasteiger partial charge in [-0.3, -0.25) is 4.79 Å². The summed E-state index contributed by atoms with van der Waals surface area (Å²) in [4.78, 5) is 20.5. The van der Waals surface area contributed by atoms with Gasteiger partial charge in [-0.05, 0) is 31.7 Å². The van der Waals surface area contributed by atoms with Gasteiger partial charge >= 0.3 is 0 Å². The highest BCUT2D eigenvalue weighted by Crippen LogP contribution is 2.38. The van der Waals surface area contributed by atoms with Gasteiger partial charge in [-0.25, -0.2) is 9.97 Å². The number of primary amides is 1. The van der Waals surface area contributed by atoms with Crippen LogP contribution in [0.25, 0.3) is 0 Å². The minimum atomic E-state index is -0.194. The van der Waals surface area contributed by atoms with Crippen LogP contribution in [0.5, 0.6) is 0 Å². The van der Waals surface area contributed by atoms with Crippen molar-refractivity contribution < 1.29 is 4.79 Å². The van der Waals surface area contributed by atoms with Crippen LogP contribution in [0.1, 0.15) is 56.7 Å². The summed E-state index contributed by atoms with van der Waals surface area (Å²) in [6.45, 7) is 0. The van der Waals surface area contributed by atoms with E-state index in [2.05, 4.69) is 15.3 Å². The first-order chi connectivity index (χ1) is 9.74. The van der Waals surface area contributed by atoms with Crippen LogP contribution in [-0.2, 0) is 4.79 Å². The number of anilines is 1. The molecule has 0 aromatic carbocycles. The molecular formula is C15H22N4O. The number of carbonyl (C=O) groups excluding carboxylic acids is 1. The van der Waals surface area contributed by atoms with E-state index >= 15 is 0 Å². The van der Waals surface area contributed by atoms with Gasteiger partial charge in [0, 0.05) is 18.2 Å². The lowest BCUT2D eigenvalue weighted by molar-refractivity contribution is -0.122. The summed E-state index contributed by atoms with van der Waals surface area (Å²) in [7, 11) is 0. The molecule has 0 aliphatic heterocycles. The van der Waals surface area contributed by atoms with Crippen molar-refractivity contribution in [3.05, 3.63) is 18.1 Å². The quantitative estimate of drug-likeness (QED) is 0.825. The molecule has 2 unspecified atom stereocenters. The second-order valence-corrected chi connectivity index (χ2v) is 5.97. The monoisotopic (exact) mass is 274 g/mol. The fourth-order valence-corrected chi connectivity index (χ4v) is 3.00. The van der Waals surface area contributed by atoms with Crippen LogP contribution in [0.4, 0.5) is 5.82 Å². The average molecular weight is 274 g/mol. The Morgan fingerprint density at radius 2 is 2.00 bits per heavy atom. The van der Waals surface area contributed by atoms with Crippen LogP contribution < -0.4 is 11.1 Å². The maximum atomic E-state index is 11.6. The van der Waals surface area contributed by atoms with Crippen molar-refractivity contribution in [3.63, 3.8) is 0 Å². The molecular weight excluding hydrogens is 252 g/mol. The average Bonchev–Trinajstić information content (AvgIpc) is 3.26. The third-order valence-corrected chi connectivity index (χ3v) is 4.33. The molecule has 5 nitrogen and oxygen atoms in total. The van der Waals surface area contributed by atoms with Gasteiger partial charge in [-0.2, -0.15) is 0 Å². The second kappa shape index (κ2) is 5.77. The fourth-order valence-electron chi connectivity index (χ4n) is 3.00. The van der Waals surface area contributed by atoms with E-state index in [-0.39, 0.29) is 17.9 Å². The molecule has 2 fully saturated rings. The number of carbonyl (C=O) groups is 1. The first kappa shape index (κ1) is 13.3. The van der Waals surface area contributed by atoms with Crippen LogP contribution in [0, 0.1) is 5.92 Å². The van der Waals surface area contributed by atoms with Gasteiger partial charge in [-0.15, -0.1) is 0 Å². The van der Waals surface area contributed by atoms with Gasteiger partial charge in [0.05, 0.1) is 5.92 Å². The number of nitrogens with one attached hydrogen (secondary N) is 1. The molecule has 5 heteroatoms. The van der Waals surface area contributed by atoms with Crippen molar-refractivity contribution in [2.24, 2.45) is 11.7 Å². The maximum Gasteiger partial charge on any atom is 0.222 e. The number of amides is 1. The van der Waals surface area contributed by atoms with Crippen molar-refractivity contribution in [2.75, 3.05) is 5.32 Å². The van der Waals surface area contributed by atoms with Crippen molar-refractivity contribution >= 4 is 11.7 Å². The molecule has 20 heavy (non-hydrogen) atoms. The van der Waals surface area contributed by atoms with Crippen LogP contribution in [0.3, 0.4) is 0 Å². The Labute approximate surface area is 119 Å². The minimum Gasteiger partial charge on any atom is -0.369 e. The summed E-state index contributed by atoms with van der Waals surface area (Å²) < 4.78 is 0. The number of aromatic nitrogens is 2. The molecule has 0 saturated heterocycles. The zero-order chi connectivity index (χ0) is 13.9. The molecule has 2 atom stereocenters. The predicted molar refractivity (Wildman–Crippen MR) is 77.2 cm³/mol. The van der Waals surface area contributed by atoms with Crippen LogP contribution in [0.15, 0.2) is 12.3 Å². The molecule has 108 valence electrons. The lowest BCUT2D eigenvalue weighted by atomic mass is 9.94. The largest absolute Gasteiger partial charge is 0.369 e. The second-order valence-electron chi connectivity index (χ2n) is 5.97. The molecule has 3 rings (SSSR count). The van der Waals surface area contributed by atoms with Gasteiger partial charge in [0.15, 0.2) is 0 Å². The zero-order valence-electron chi connectivity index (χ0n) is 11.7. The SMILES string of the molecule is NC(=O)C1CCCCCC1Nc1ccnc(C2CC2)n1. The molecule has 1 aromatic rings. The van der Waals surface area contributed by atoms with E-state index in [1.165, 1.54) is 19.3 Å². The number of nitrogens with zero attached hydrogens (tertiary/aromatic N) is 2. The van der Waals surface area contributed by atoms with Crippen LogP contribution >= 0.6 is 0 Å². The Kier molecular flexibility index (Phi) is 3.85. The number of nitrogens with two attached hydrogens (primary N) is 1. The molecule has 1 aromatic heterocycles. The van der Waals surface area contributed by atoms with Crippen molar-refractivity contribution in [1.82, 2.24) is 9.97 Å². The molecule has 1 amide bonds. The first-order valence-electron chi connectivity index (χ1n) is 7.63. The van der Waals surface area contributed by atoms with E-state index in [0.717, 1.165) is 37.3 Å². The molecule has 0 bridgehead atoms. The first-order valence-corrected chi connectivity index (χ1v) is 7.63. The Morgan fingerprint density at radius 3 is 2.75 bits per heavy atom. The number of hydrogen-bond donors (Lipinski definition) is 2. The van der Waals surface area contributed by atoms with E-state index in [9.17, 15) is 4.79 Å². The van der Waals surface area contributed by atoms with E-state index in [4.69, 9.17) is 5.73 Å². The summed E-state index contributed by atoms with van der Waals surface area (Å²) in [6, 6.07) is 1.99. The summed E-state index contributed by atoms with van der Waals surface area (Å²) >= 11 is 0. The topological polar surface area (TPSA) is 80.9 Å². The van der Waals surface area contributed by atoms with Gasteiger partial charge in [-0.1, -0.05) is 19.3 Å². The summed E-state index contributed by atoms with van der Waals surface area (Å²) in [5.74, 6) is 2.02. The highest BCUT2D eigenvalue weighted by atomic mass is 16.1. The summed E-state index contributed by atoms with van der Waals surface area (Å²) in [5.41, 5.74) is 5.56. The van der Waals surface area contributed by atoms with E-state index in [0.29, 0.717) is 5.92 Å². The lowest BCUT2D eigenvalue weighted by Gasteiger charge is -2.24. The van der Waals surface area contributed by atoms with Crippen LogP contribution in [0.2, 0.25) is 0 Å². The molecule has 1 heterocycles. The standard InChI is InChI=1S/C15H22N4O/c16-14(20)11-4-2-1-3-5-12(11)18-13-8-9-17-15(19-13)10-6-7-10/h8-12H,1-7H2,(H2,16,20)(H,17,18,19). The third kappa shape index (κ3) is 3.08. The van der Waals surface area contributed by atoms with Gasteiger partial charge in [0.2, 0.25) is 5.91 Å². The third-order valence-electron chi connectivity index (χ3n) is 4.33. The van der Waals surface area contributed by atoms with Crippen molar-refractivity contribution in [3.8, 4) is 0 Å². The highest BCUT2D eigenvalue weighted by molar-refractivity contribution is 5.78. The number of rotatable bonds is 4. The molecule has 0 radical (unpaired) electrons. The summed E-state index contributed by atoms with van der Waals surface area (Å²) in [6.07, 6.45) is 9.46. The Bertz CT molecular complexity index is 487. The number of hydrogen-bond acceptors (Lipinski definition) is 4. The molecule has 3 N–H and O–H groups in total. The molecule has 2 aliphatic carbocycles. The van der Waals surface area contributed by atoms with E-state index in [1.807, 2.05) is 6.07 Å². The summed E-state index contributed by atoms with van der Waals surface area (Å²) in [5, 5.41) is 3.42. The lowest BCUT2D eigenvalue weighted by Crippen LogP contribution is -2.37. The zero-order valence-corrected chi connectivity index (χ0v) is 11.7. The molecule has 2 saturated carbocycles. The molecule has 0 spiro atoms. The normalized spacial score (nSPS) is 26.8. The molecule has 2 aliphatic rings. The van der Waals surface area contributed by atoms with Gasteiger partial charge in [0.25, 0.3) is 0 Å². The Balaban J connectivity index is 1.73. The van der Waals surface area contributed by atoms with Gasteiger partial charge < -0.3 is 11.1 Å². The maximum absolute atomic E-state index is 11.6. The Morgan fingerprint density at radius 1 is 1.20 bits per heavy atom.